The Balaban J connectivity index is 2.91. The van der Waals surface area contributed by atoms with Crippen LogP contribution in [0, 0.1) is 0 Å². The second-order valence-corrected chi connectivity index (χ2v) is 7.07. The van der Waals surface area contributed by atoms with Gasteiger partial charge in [0.15, 0.2) is 0 Å². The standard InChI is InChI=1S/C14H24ClN3O2S/c1-4-18(5-2)10-11(3)17-21(19,20)14-8-12(9-16)6-7-13(14)15/h6-8,11,17H,4-5,9-10,16H2,1-3H3. The van der Waals surface area contributed by atoms with E-state index in [9.17, 15) is 8.42 Å². The van der Waals surface area contributed by atoms with Gasteiger partial charge in [-0.1, -0.05) is 31.5 Å². The largest absolute Gasteiger partial charge is 0.326 e. The fourth-order valence-electron chi connectivity index (χ4n) is 2.12. The monoisotopic (exact) mass is 333 g/mol. The summed E-state index contributed by atoms with van der Waals surface area (Å²) in [4.78, 5) is 2.24. The number of hydrogen-bond acceptors (Lipinski definition) is 4. The number of halogens is 1. The molecule has 1 unspecified atom stereocenters. The summed E-state index contributed by atoms with van der Waals surface area (Å²) in [5.74, 6) is 0. The minimum atomic E-state index is -3.65. The molecule has 0 saturated carbocycles. The summed E-state index contributed by atoms with van der Waals surface area (Å²) in [6.45, 7) is 8.63. The van der Waals surface area contributed by atoms with Gasteiger partial charge in [-0.3, -0.25) is 0 Å². The number of nitrogens with two attached hydrogens (primary N) is 1. The summed E-state index contributed by atoms with van der Waals surface area (Å²) in [6.07, 6.45) is 0. The Hall–Kier alpha value is -0.660. The van der Waals surface area contributed by atoms with E-state index >= 15 is 0 Å². The van der Waals surface area contributed by atoms with Gasteiger partial charge in [0, 0.05) is 19.1 Å². The lowest BCUT2D eigenvalue weighted by molar-refractivity contribution is 0.282. The lowest BCUT2D eigenvalue weighted by Crippen LogP contribution is -2.41. The predicted octanol–water partition coefficient (Wildman–Crippen LogP) is 1.81. The van der Waals surface area contributed by atoms with E-state index in [1.54, 1.807) is 12.1 Å². The molecule has 7 heteroatoms. The van der Waals surface area contributed by atoms with Crippen LogP contribution in [0.4, 0.5) is 0 Å². The van der Waals surface area contributed by atoms with Crippen LogP contribution in [0.2, 0.25) is 5.02 Å². The van der Waals surface area contributed by atoms with Gasteiger partial charge in [0.05, 0.1) is 5.02 Å². The smallest absolute Gasteiger partial charge is 0.242 e. The molecular weight excluding hydrogens is 310 g/mol. The third kappa shape index (κ3) is 5.23. The van der Waals surface area contributed by atoms with E-state index in [0.717, 1.165) is 18.7 Å². The molecule has 0 aromatic heterocycles. The van der Waals surface area contributed by atoms with Crippen molar-refractivity contribution in [3.8, 4) is 0 Å². The molecule has 0 saturated heterocycles. The third-order valence-electron chi connectivity index (χ3n) is 3.30. The maximum absolute atomic E-state index is 12.4. The Labute approximate surface area is 132 Å². The van der Waals surface area contributed by atoms with E-state index in [1.807, 2.05) is 20.8 Å². The Kier molecular flexibility index (Phi) is 7.09. The topological polar surface area (TPSA) is 75.4 Å². The first-order valence-corrected chi connectivity index (χ1v) is 8.93. The van der Waals surface area contributed by atoms with Gasteiger partial charge < -0.3 is 10.6 Å². The lowest BCUT2D eigenvalue weighted by atomic mass is 10.2. The molecule has 0 bridgehead atoms. The summed E-state index contributed by atoms with van der Waals surface area (Å²) >= 11 is 6.01. The number of nitrogens with one attached hydrogen (secondary N) is 1. The minimum absolute atomic E-state index is 0.0820. The molecule has 0 heterocycles. The SMILES string of the molecule is CCN(CC)CC(C)NS(=O)(=O)c1cc(CN)ccc1Cl. The zero-order valence-corrected chi connectivity index (χ0v) is 14.3. The molecule has 0 fully saturated rings. The zero-order valence-electron chi connectivity index (χ0n) is 12.8. The average molecular weight is 334 g/mol. The second-order valence-electron chi connectivity index (χ2n) is 4.98. The zero-order chi connectivity index (χ0) is 16.0. The number of benzene rings is 1. The first-order chi connectivity index (χ1) is 9.83. The molecule has 0 aliphatic heterocycles. The van der Waals surface area contributed by atoms with Crippen molar-refractivity contribution in [2.45, 2.75) is 38.3 Å². The Morgan fingerprint density at radius 2 is 1.95 bits per heavy atom. The molecule has 120 valence electrons. The molecule has 0 spiro atoms. The van der Waals surface area contributed by atoms with Crippen LogP contribution in [-0.2, 0) is 16.6 Å². The molecule has 1 atom stereocenters. The molecule has 0 amide bonds. The van der Waals surface area contributed by atoms with Gasteiger partial charge in [-0.05, 0) is 37.7 Å². The van der Waals surface area contributed by atoms with Gasteiger partial charge in [-0.15, -0.1) is 0 Å². The molecule has 0 radical (unpaired) electrons. The van der Waals surface area contributed by atoms with Crippen molar-refractivity contribution < 1.29 is 8.42 Å². The van der Waals surface area contributed by atoms with Gasteiger partial charge in [0.1, 0.15) is 4.90 Å². The van der Waals surface area contributed by atoms with Crippen LogP contribution in [0.1, 0.15) is 26.3 Å². The minimum Gasteiger partial charge on any atom is -0.326 e. The highest BCUT2D eigenvalue weighted by atomic mass is 35.5. The normalized spacial score (nSPS) is 13.6. The van der Waals surface area contributed by atoms with Gasteiger partial charge >= 0.3 is 0 Å². The lowest BCUT2D eigenvalue weighted by Gasteiger charge is -2.23. The second kappa shape index (κ2) is 8.10. The van der Waals surface area contributed by atoms with Crippen molar-refractivity contribution in [1.82, 2.24) is 9.62 Å². The number of rotatable bonds is 8. The van der Waals surface area contributed by atoms with Crippen LogP contribution in [0.25, 0.3) is 0 Å². The molecule has 0 aliphatic carbocycles. The maximum Gasteiger partial charge on any atom is 0.242 e. The van der Waals surface area contributed by atoms with Crippen molar-refractivity contribution in [3.63, 3.8) is 0 Å². The van der Waals surface area contributed by atoms with Crippen LogP contribution in [0.3, 0.4) is 0 Å². The van der Waals surface area contributed by atoms with Crippen LogP contribution in [-0.4, -0.2) is 39.0 Å². The summed E-state index contributed by atoms with van der Waals surface area (Å²) < 4.78 is 27.5. The summed E-state index contributed by atoms with van der Waals surface area (Å²) in [5.41, 5.74) is 6.28. The molecule has 5 nitrogen and oxygen atoms in total. The van der Waals surface area contributed by atoms with Crippen LogP contribution < -0.4 is 10.5 Å². The van der Waals surface area contributed by atoms with E-state index in [0.29, 0.717) is 6.54 Å². The van der Waals surface area contributed by atoms with Crippen molar-refractivity contribution in [1.29, 1.82) is 0 Å². The third-order valence-corrected chi connectivity index (χ3v) is 5.37. The van der Waals surface area contributed by atoms with E-state index in [1.165, 1.54) is 6.07 Å². The number of hydrogen-bond donors (Lipinski definition) is 2. The first kappa shape index (κ1) is 18.4. The molecule has 21 heavy (non-hydrogen) atoms. The van der Waals surface area contributed by atoms with Gasteiger partial charge in [0.2, 0.25) is 10.0 Å². The van der Waals surface area contributed by atoms with Crippen LogP contribution in [0.5, 0.6) is 0 Å². The highest BCUT2D eigenvalue weighted by Crippen LogP contribution is 2.22. The Bertz CT molecular complexity index is 559. The van der Waals surface area contributed by atoms with Gasteiger partial charge in [0.25, 0.3) is 0 Å². The predicted molar refractivity (Wildman–Crippen MR) is 86.9 cm³/mol. The molecule has 1 aromatic rings. The van der Waals surface area contributed by atoms with Crippen molar-refractivity contribution in [2.75, 3.05) is 19.6 Å². The molecule has 1 rings (SSSR count). The van der Waals surface area contributed by atoms with Crippen LogP contribution >= 0.6 is 11.6 Å². The highest BCUT2D eigenvalue weighted by molar-refractivity contribution is 7.89. The number of likely N-dealkylation sites (N-methyl/N-ethyl adjacent to an activating group) is 1. The van der Waals surface area contributed by atoms with Gasteiger partial charge in [-0.25, -0.2) is 13.1 Å². The molecular formula is C14H24ClN3O2S. The quantitative estimate of drug-likeness (QED) is 0.760. The highest BCUT2D eigenvalue weighted by Gasteiger charge is 2.21. The molecule has 0 aliphatic rings. The van der Waals surface area contributed by atoms with E-state index in [2.05, 4.69) is 9.62 Å². The average Bonchev–Trinajstić information content (AvgIpc) is 2.44. The fraction of sp³-hybridized carbons (Fsp3) is 0.571. The summed E-state index contributed by atoms with van der Waals surface area (Å²) in [5, 5.41) is 0.203. The fourth-order valence-corrected chi connectivity index (χ4v) is 3.90. The van der Waals surface area contributed by atoms with Crippen molar-refractivity contribution in [3.05, 3.63) is 28.8 Å². The summed E-state index contributed by atoms with van der Waals surface area (Å²) in [7, 11) is -3.65. The summed E-state index contributed by atoms with van der Waals surface area (Å²) in [6, 6.07) is 4.61. The van der Waals surface area contributed by atoms with Crippen molar-refractivity contribution >= 4 is 21.6 Å². The number of nitrogens with zero attached hydrogens (tertiary/aromatic N) is 1. The Morgan fingerprint density at radius 3 is 2.48 bits per heavy atom. The molecule has 3 N–H and O–H groups in total. The number of sulfonamides is 1. The van der Waals surface area contributed by atoms with Crippen LogP contribution in [0.15, 0.2) is 23.1 Å². The van der Waals surface area contributed by atoms with Gasteiger partial charge in [-0.2, -0.15) is 0 Å². The van der Waals surface area contributed by atoms with Crippen molar-refractivity contribution in [2.24, 2.45) is 5.73 Å². The Morgan fingerprint density at radius 1 is 1.33 bits per heavy atom. The maximum atomic E-state index is 12.4. The van der Waals surface area contributed by atoms with E-state index in [-0.39, 0.29) is 22.5 Å². The van der Waals surface area contributed by atoms with E-state index in [4.69, 9.17) is 17.3 Å². The molecule has 1 aromatic carbocycles. The first-order valence-electron chi connectivity index (χ1n) is 7.07. The van der Waals surface area contributed by atoms with E-state index < -0.39 is 10.0 Å².